The molecule has 0 amide bonds. The van der Waals surface area contributed by atoms with E-state index in [0.717, 1.165) is 29.4 Å². The molecule has 19 heavy (non-hydrogen) atoms. The van der Waals surface area contributed by atoms with Crippen LogP contribution < -0.4 is 4.74 Å². The zero-order valence-corrected chi connectivity index (χ0v) is 12.9. The molecular formula is C15H21Cl2NO. The Morgan fingerprint density at radius 1 is 1.32 bits per heavy atom. The lowest BCUT2D eigenvalue weighted by molar-refractivity contribution is 0.205. The van der Waals surface area contributed by atoms with Crippen LogP contribution in [0.4, 0.5) is 0 Å². The summed E-state index contributed by atoms with van der Waals surface area (Å²) in [7, 11) is 1.70. The first-order chi connectivity index (χ1) is 9.24. The van der Waals surface area contributed by atoms with Gasteiger partial charge in [0.25, 0.3) is 0 Å². The zero-order chi connectivity index (χ0) is 13.7. The summed E-state index contributed by atoms with van der Waals surface area (Å²) < 4.78 is 5.42. The van der Waals surface area contributed by atoms with Gasteiger partial charge in [-0.05, 0) is 37.6 Å². The molecule has 2 rings (SSSR count). The van der Waals surface area contributed by atoms with Crippen LogP contribution >= 0.6 is 23.2 Å². The van der Waals surface area contributed by atoms with E-state index >= 15 is 0 Å². The van der Waals surface area contributed by atoms with Crippen LogP contribution in [0.15, 0.2) is 18.2 Å². The van der Waals surface area contributed by atoms with Crippen molar-refractivity contribution in [3.63, 3.8) is 0 Å². The van der Waals surface area contributed by atoms with Crippen LogP contribution in [0.2, 0.25) is 5.02 Å². The van der Waals surface area contributed by atoms with Gasteiger partial charge in [0.1, 0.15) is 5.75 Å². The van der Waals surface area contributed by atoms with Gasteiger partial charge in [-0.25, -0.2) is 0 Å². The molecule has 1 aromatic rings. The summed E-state index contributed by atoms with van der Waals surface area (Å²) in [6, 6.07) is 6.26. The van der Waals surface area contributed by atoms with E-state index in [9.17, 15) is 0 Å². The molecule has 0 spiro atoms. The van der Waals surface area contributed by atoms with Crippen molar-refractivity contribution < 1.29 is 4.74 Å². The molecule has 1 unspecified atom stereocenters. The molecule has 0 bridgehead atoms. The number of rotatable bonds is 4. The molecule has 1 saturated heterocycles. The zero-order valence-electron chi connectivity index (χ0n) is 11.4. The maximum absolute atomic E-state index is 6.12. The van der Waals surface area contributed by atoms with E-state index in [1.807, 2.05) is 18.2 Å². The van der Waals surface area contributed by atoms with Crippen LogP contribution in [0, 0.1) is 0 Å². The maximum atomic E-state index is 6.12. The lowest BCUT2D eigenvalue weighted by Crippen LogP contribution is -2.35. The highest BCUT2D eigenvalue weighted by molar-refractivity contribution is 6.30. The highest BCUT2D eigenvalue weighted by Crippen LogP contribution is 2.27. The summed E-state index contributed by atoms with van der Waals surface area (Å²) in [5.74, 6) is 1.60. The van der Waals surface area contributed by atoms with Gasteiger partial charge in [-0.2, -0.15) is 0 Å². The van der Waals surface area contributed by atoms with Gasteiger partial charge in [-0.15, -0.1) is 11.6 Å². The predicted molar refractivity (Wildman–Crippen MR) is 81.4 cm³/mol. The molecule has 1 aliphatic heterocycles. The van der Waals surface area contributed by atoms with Gasteiger partial charge in [-0.1, -0.05) is 24.4 Å². The Morgan fingerprint density at radius 2 is 2.16 bits per heavy atom. The van der Waals surface area contributed by atoms with E-state index in [-0.39, 0.29) is 0 Å². The highest BCUT2D eigenvalue weighted by atomic mass is 35.5. The van der Waals surface area contributed by atoms with Crippen LogP contribution in [0.1, 0.15) is 31.2 Å². The van der Waals surface area contributed by atoms with E-state index in [0.29, 0.717) is 11.9 Å². The number of nitrogens with zero attached hydrogens (tertiary/aromatic N) is 1. The van der Waals surface area contributed by atoms with Crippen molar-refractivity contribution in [2.75, 3.05) is 19.5 Å². The van der Waals surface area contributed by atoms with E-state index in [4.69, 9.17) is 27.9 Å². The Kier molecular flexibility index (Phi) is 5.80. The molecule has 0 aliphatic carbocycles. The minimum atomic E-state index is 0.466. The smallest absolute Gasteiger partial charge is 0.123 e. The third-order valence-electron chi connectivity index (χ3n) is 3.79. The Morgan fingerprint density at radius 3 is 2.89 bits per heavy atom. The number of likely N-dealkylation sites (tertiary alicyclic amines) is 1. The normalized spacial score (nSPS) is 21.1. The van der Waals surface area contributed by atoms with Crippen LogP contribution in [0.3, 0.4) is 0 Å². The van der Waals surface area contributed by atoms with Gasteiger partial charge in [0.2, 0.25) is 0 Å². The molecule has 0 saturated carbocycles. The molecule has 0 N–H and O–H groups in total. The molecule has 4 heteroatoms. The van der Waals surface area contributed by atoms with Crippen LogP contribution in [-0.4, -0.2) is 30.5 Å². The second-order valence-electron chi connectivity index (χ2n) is 5.08. The van der Waals surface area contributed by atoms with Crippen molar-refractivity contribution in [2.45, 2.75) is 38.3 Å². The van der Waals surface area contributed by atoms with Gasteiger partial charge in [-0.3, -0.25) is 4.90 Å². The van der Waals surface area contributed by atoms with Crippen molar-refractivity contribution in [1.82, 2.24) is 4.90 Å². The Bertz CT molecular complexity index is 411. The second kappa shape index (κ2) is 7.37. The van der Waals surface area contributed by atoms with E-state index in [1.54, 1.807) is 7.11 Å². The SMILES string of the molecule is COc1ccc(Cl)cc1CN1CCCCCC1CCl. The van der Waals surface area contributed by atoms with Gasteiger partial charge >= 0.3 is 0 Å². The molecular weight excluding hydrogens is 281 g/mol. The molecule has 0 aromatic heterocycles. The molecule has 1 aliphatic rings. The number of benzene rings is 1. The van der Waals surface area contributed by atoms with Crippen molar-refractivity contribution >= 4 is 23.2 Å². The van der Waals surface area contributed by atoms with Gasteiger partial charge in [0.15, 0.2) is 0 Å². The number of hydrogen-bond donors (Lipinski definition) is 0. The Balaban J connectivity index is 2.15. The van der Waals surface area contributed by atoms with Gasteiger partial charge in [0.05, 0.1) is 7.11 Å². The first-order valence-electron chi connectivity index (χ1n) is 6.87. The first-order valence-corrected chi connectivity index (χ1v) is 7.78. The second-order valence-corrected chi connectivity index (χ2v) is 5.83. The first kappa shape index (κ1) is 15.0. The average Bonchev–Trinajstić information content (AvgIpc) is 2.64. The van der Waals surface area contributed by atoms with Crippen molar-refractivity contribution in [3.05, 3.63) is 28.8 Å². The van der Waals surface area contributed by atoms with Crippen molar-refractivity contribution in [3.8, 4) is 5.75 Å². The summed E-state index contributed by atoms with van der Waals surface area (Å²) in [5.41, 5.74) is 1.15. The summed E-state index contributed by atoms with van der Waals surface area (Å²) in [6.45, 7) is 1.97. The number of halogens is 2. The lowest BCUT2D eigenvalue weighted by Gasteiger charge is -2.29. The lowest BCUT2D eigenvalue weighted by atomic mass is 10.1. The average molecular weight is 302 g/mol. The van der Waals surface area contributed by atoms with E-state index < -0.39 is 0 Å². The molecule has 106 valence electrons. The molecule has 1 atom stereocenters. The third-order valence-corrected chi connectivity index (χ3v) is 4.38. The number of hydrogen-bond acceptors (Lipinski definition) is 2. The quantitative estimate of drug-likeness (QED) is 0.768. The van der Waals surface area contributed by atoms with Crippen LogP contribution in [0.25, 0.3) is 0 Å². The Hall–Kier alpha value is -0.440. The fourth-order valence-electron chi connectivity index (χ4n) is 2.71. The molecule has 1 heterocycles. The maximum Gasteiger partial charge on any atom is 0.123 e. The molecule has 0 radical (unpaired) electrons. The largest absolute Gasteiger partial charge is 0.496 e. The summed E-state index contributed by atoms with van der Waals surface area (Å²) in [4.78, 5) is 2.47. The molecule has 1 fully saturated rings. The van der Waals surface area contributed by atoms with Gasteiger partial charge in [0, 0.05) is 29.1 Å². The van der Waals surface area contributed by atoms with Crippen molar-refractivity contribution in [2.24, 2.45) is 0 Å². The minimum absolute atomic E-state index is 0.466. The highest BCUT2D eigenvalue weighted by Gasteiger charge is 2.21. The standard InChI is InChI=1S/C15H21Cl2NO/c1-19-15-7-6-13(17)9-12(15)11-18-8-4-2-3-5-14(18)10-16/h6-7,9,14H,2-5,8,10-11H2,1H3. The number of ether oxygens (including phenoxy) is 1. The summed E-state index contributed by atoms with van der Waals surface area (Å²) in [6.07, 6.45) is 5.01. The molecule has 2 nitrogen and oxygen atoms in total. The van der Waals surface area contributed by atoms with Crippen LogP contribution in [-0.2, 0) is 6.54 Å². The summed E-state index contributed by atoms with van der Waals surface area (Å²) in [5, 5.41) is 0.757. The van der Waals surface area contributed by atoms with Crippen LogP contribution in [0.5, 0.6) is 5.75 Å². The molecule has 1 aromatic carbocycles. The van der Waals surface area contributed by atoms with E-state index in [1.165, 1.54) is 25.7 Å². The fraction of sp³-hybridized carbons (Fsp3) is 0.600. The number of methoxy groups -OCH3 is 1. The monoisotopic (exact) mass is 301 g/mol. The predicted octanol–water partition coefficient (Wildman–Crippen LogP) is 4.33. The van der Waals surface area contributed by atoms with Crippen molar-refractivity contribution in [1.29, 1.82) is 0 Å². The van der Waals surface area contributed by atoms with Gasteiger partial charge < -0.3 is 4.74 Å². The minimum Gasteiger partial charge on any atom is -0.496 e. The topological polar surface area (TPSA) is 12.5 Å². The number of alkyl halides is 1. The van der Waals surface area contributed by atoms with E-state index in [2.05, 4.69) is 4.90 Å². The fourth-order valence-corrected chi connectivity index (χ4v) is 3.25. The third kappa shape index (κ3) is 4.01. The summed E-state index contributed by atoms with van der Waals surface area (Å²) >= 11 is 12.2. The Labute approximate surface area is 125 Å².